The van der Waals surface area contributed by atoms with Gasteiger partial charge in [-0.15, -0.1) is 0 Å². The van der Waals surface area contributed by atoms with Crippen molar-refractivity contribution in [2.75, 3.05) is 13.2 Å². The van der Waals surface area contributed by atoms with Gasteiger partial charge in [0.2, 0.25) is 0 Å². The number of aliphatic hydroxyl groups is 2. The Morgan fingerprint density at radius 3 is 1.81 bits per heavy atom. The summed E-state index contributed by atoms with van der Waals surface area (Å²) in [6, 6.07) is 7.62. The van der Waals surface area contributed by atoms with Crippen LogP contribution in [0.3, 0.4) is 0 Å². The molecule has 2 atom stereocenters. The zero-order valence-electron chi connectivity index (χ0n) is 13.7. The SMILES string of the molecule is CCOC(OCC)[C@H](O)[C@H](O)c1ccc(C(C)(C)C)cc1. The van der Waals surface area contributed by atoms with Gasteiger partial charge in [0.25, 0.3) is 0 Å². The van der Waals surface area contributed by atoms with E-state index in [4.69, 9.17) is 9.47 Å². The molecule has 0 aliphatic rings. The first kappa shape index (κ1) is 18.1. The number of hydrogen-bond donors (Lipinski definition) is 2. The van der Waals surface area contributed by atoms with Gasteiger partial charge in [-0.25, -0.2) is 0 Å². The lowest BCUT2D eigenvalue weighted by Gasteiger charge is -2.27. The highest BCUT2D eigenvalue weighted by atomic mass is 16.7. The molecule has 0 heterocycles. The Hall–Kier alpha value is -0.940. The Labute approximate surface area is 127 Å². The van der Waals surface area contributed by atoms with E-state index >= 15 is 0 Å². The maximum Gasteiger partial charge on any atom is 0.186 e. The minimum absolute atomic E-state index is 0.0568. The van der Waals surface area contributed by atoms with Gasteiger partial charge in [0.15, 0.2) is 6.29 Å². The fraction of sp³-hybridized carbons (Fsp3) is 0.647. The van der Waals surface area contributed by atoms with Crippen molar-refractivity contribution in [3.05, 3.63) is 35.4 Å². The van der Waals surface area contributed by atoms with E-state index in [0.29, 0.717) is 18.8 Å². The van der Waals surface area contributed by atoms with E-state index in [1.165, 1.54) is 5.56 Å². The maximum atomic E-state index is 10.3. The molecule has 2 N–H and O–H groups in total. The second-order valence-corrected chi connectivity index (χ2v) is 6.09. The zero-order valence-corrected chi connectivity index (χ0v) is 13.7. The van der Waals surface area contributed by atoms with Gasteiger partial charge >= 0.3 is 0 Å². The second kappa shape index (κ2) is 7.90. The van der Waals surface area contributed by atoms with Gasteiger partial charge in [0, 0.05) is 13.2 Å². The molecular formula is C17H28O4. The van der Waals surface area contributed by atoms with Crippen LogP contribution in [0, 0.1) is 0 Å². The Morgan fingerprint density at radius 1 is 0.952 bits per heavy atom. The van der Waals surface area contributed by atoms with Gasteiger partial charge in [-0.3, -0.25) is 0 Å². The van der Waals surface area contributed by atoms with Crippen LogP contribution < -0.4 is 0 Å². The van der Waals surface area contributed by atoms with Crippen LogP contribution in [0.1, 0.15) is 51.8 Å². The molecule has 1 rings (SSSR count). The predicted molar refractivity (Wildman–Crippen MR) is 83.1 cm³/mol. The number of hydrogen-bond acceptors (Lipinski definition) is 4. The third kappa shape index (κ3) is 5.08. The molecule has 0 aliphatic heterocycles. The minimum atomic E-state index is -1.12. The molecule has 0 bridgehead atoms. The maximum absolute atomic E-state index is 10.3. The van der Waals surface area contributed by atoms with Crippen LogP contribution in [0.5, 0.6) is 0 Å². The molecule has 1 aromatic carbocycles. The quantitative estimate of drug-likeness (QED) is 0.760. The minimum Gasteiger partial charge on any atom is -0.385 e. The molecule has 1 aromatic rings. The van der Waals surface area contributed by atoms with Crippen LogP contribution in [-0.2, 0) is 14.9 Å². The lowest BCUT2D eigenvalue weighted by atomic mass is 9.86. The van der Waals surface area contributed by atoms with E-state index in [1.54, 1.807) is 0 Å². The summed E-state index contributed by atoms with van der Waals surface area (Å²) in [7, 11) is 0. The molecule has 120 valence electrons. The van der Waals surface area contributed by atoms with E-state index < -0.39 is 18.5 Å². The highest BCUT2D eigenvalue weighted by Crippen LogP contribution is 2.26. The topological polar surface area (TPSA) is 58.9 Å². The number of aliphatic hydroxyl groups excluding tert-OH is 2. The van der Waals surface area contributed by atoms with Crippen molar-refractivity contribution in [3.63, 3.8) is 0 Å². The smallest absolute Gasteiger partial charge is 0.186 e. The van der Waals surface area contributed by atoms with Crippen LogP contribution in [-0.4, -0.2) is 35.8 Å². The Bertz CT molecular complexity index is 402. The van der Waals surface area contributed by atoms with E-state index in [2.05, 4.69) is 20.8 Å². The summed E-state index contributed by atoms with van der Waals surface area (Å²) in [5.41, 5.74) is 1.89. The van der Waals surface area contributed by atoms with E-state index in [-0.39, 0.29) is 5.41 Å². The summed E-state index contributed by atoms with van der Waals surface area (Å²) in [4.78, 5) is 0. The molecule has 0 saturated heterocycles. The Balaban J connectivity index is 2.83. The summed E-state index contributed by atoms with van der Waals surface area (Å²) in [6.45, 7) is 10.9. The van der Waals surface area contributed by atoms with Crippen molar-refractivity contribution in [1.82, 2.24) is 0 Å². The molecule has 4 nitrogen and oxygen atoms in total. The first-order chi connectivity index (χ1) is 9.81. The molecule has 0 aliphatic carbocycles. The summed E-state index contributed by atoms with van der Waals surface area (Å²) in [6.07, 6.45) is -2.98. The van der Waals surface area contributed by atoms with Gasteiger partial charge in [-0.2, -0.15) is 0 Å². The first-order valence-corrected chi connectivity index (χ1v) is 7.51. The van der Waals surface area contributed by atoms with Crippen molar-refractivity contribution in [1.29, 1.82) is 0 Å². The number of benzene rings is 1. The fourth-order valence-electron chi connectivity index (χ4n) is 2.10. The summed E-state index contributed by atoms with van der Waals surface area (Å²) in [5.74, 6) is 0. The monoisotopic (exact) mass is 296 g/mol. The van der Waals surface area contributed by atoms with Crippen LogP contribution in [0.15, 0.2) is 24.3 Å². The third-order valence-corrected chi connectivity index (χ3v) is 3.38. The predicted octanol–water partition coefficient (Wildman–Crippen LogP) is 2.78. The van der Waals surface area contributed by atoms with Crippen LogP contribution in [0.4, 0.5) is 0 Å². The van der Waals surface area contributed by atoms with Crippen LogP contribution >= 0.6 is 0 Å². The average Bonchev–Trinajstić information content (AvgIpc) is 2.45. The highest BCUT2D eigenvalue weighted by Gasteiger charge is 2.28. The molecular weight excluding hydrogens is 268 g/mol. The number of rotatable bonds is 7. The van der Waals surface area contributed by atoms with Crippen molar-refractivity contribution in [3.8, 4) is 0 Å². The summed E-state index contributed by atoms with van der Waals surface area (Å²) < 4.78 is 10.7. The van der Waals surface area contributed by atoms with Crippen molar-refractivity contribution < 1.29 is 19.7 Å². The fourth-order valence-corrected chi connectivity index (χ4v) is 2.10. The molecule has 4 heteroatoms. The lowest BCUT2D eigenvalue weighted by Crippen LogP contribution is -2.36. The molecule has 21 heavy (non-hydrogen) atoms. The zero-order chi connectivity index (χ0) is 16.0. The van der Waals surface area contributed by atoms with Crippen molar-refractivity contribution >= 4 is 0 Å². The van der Waals surface area contributed by atoms with Gasteiger partial charge in [0.1, 0.15) is 12.2 Å². The molecule has 0 saturated carbocycles. The third-order valence-electron chi connectivity index (χ3n) is 3.38. The summed E-state index contributed by atoms with van der Waals surface area (Å²) >= 11 is 0. The molecule has 0 fully saturated rings. The van der Waals surface area contributed by atoms with Crippen LogP contribution in [0.2, 0.25) is 0 Å². The Kier molecular flexibility index (Phi) is 6.81. The van der Waals surface area contributed by atoms with Gasteiger partial charge in [0.05, 0.1) is 0 Å². The lowest BCUT2D eigenvalue weighted by molar-refractivity contribution is -0.212. The average molecular weight is 296 g/mol. The summed E-state index contributed by atoms with van der Waals surface area (Å²) in [5, 5.41) is 20.5. The highest BCUT2D eigenvalue weighted by molar-refractivity contribution is 5.29. The van der Waals surface area contributed by atoms with Gasteiger partial charge in [-0.1, -0.05) is 45.0 Å². The van der Waals surface area contributed by atoms with E-state index in [0.717, 1.165) is 0 Å². The first-order valence-electron chi connectivity index (χ1n) is 7.51. The second-order valence-electron chi connectivity index (χ2n) is 6.09. The van der Waals surface area contributed by atoms with E-state index in [9.17, 15) is 10.2 Å². The van der Waals surface area contributed by atoms with Gasteiger partial charge < -0.3 is 19.7 Å². The largest absolute Gasteiger partial charge is 0.385 e. The standard InChI is InChI=1S/C17H28O4/c1-6-20-16(21-7-2)15(19)14(18)12-8-10-13(11-9-12)17(3,4)5/h8-11,14-16,18-19H,6-7H2,1-5H3/t14-,15-/m1/s1. The molecule has 0 spiro atoms. The van der Waals surface area contributed by atoms with Crippen molar-refractivity contribution in [2.24, 2.45) is 0 Å². The Morgan fingerprint density at radius 2 is 1.43 bits per heavy atom. The molecule has 0 unspecified atom stereocenters. The van der Waals surface area contributed by atoms with Crippen molar-refractivity contribution in [2.45, 2.75) is 58.5 Å². The van der Waals surface area contributed by atoms with E-state index in [1.807, 2.05) is 38.1 Å². The molecule has 0 radical (unpaired) electrons. The van der Waals surface area contributed by atoms with Gasteiger partial charge in [-0.05, 0) is 30.4 Å². The molecule has 0 amide bonds. The van der Waals surface area contributed by atoms with Crippen LogP contribution in [0.25, 0.3) is 0 Å². The number of ether oxygens (including phenoxy) is 2. The molecule has 0 aromatic heterocycles. The normalized spacial score (nSPS) is 15.2.